The van der Waals surface area contributed by atoms with E-state index in [9.17, 15) is 4.39 Å². The molecule has 0 saturated heterocycles. The zero-order chi connectivity index (χ0) is 6.69. The van der Waals surface area contributed by atoms with Crippen LogP contribution < -0.4 is 0 Å². The van der Waals surface area contributed by atoms with Gasteiger partial charge in [-0.1, -0.05) is 12.2 Å². The van der Waals surface area contributed by atoms with Crippen molar-refractivity contribution in [2.45, 2.75) is 13.3 Å². The van der Waals surface area contributed by atoms with E-state index in [2.05, 4.69) is 0 Å². The molecule has 0 unspecified atom stereocenters. The molecule has 0 atom stereocenters. The molecule has 1 aliphatic rings. The Labute approximate surface area is 54.4 Å². The van der Waals surface area contributed by atoms with E-state index in [0.717, 1.165) is 5.57 Å². The van der Waals surface area contributed by atoms with Gasteiger partial charge in [0.05, 0.1) is 0 Å². The minimum Gasteiger partial charge on any atom is -0.207 e. The lowest BCUT2D eigenvalue weighted by atomic mass is 10.3. The molecular formula is C8H9F. The lowest BCUT2D eigenvalue weighted by Crippen LogP contribution is -1.65. The second-order valence-corrected chi connectivity index (χ2v) is 2.12. The summed E-state index contributed by atoms with van der Waals surface area (Å²) in [7, 11) is 0. The van der Waals surface area contributed by atoms with Gasteiger partial charge in [0.15, 0.2) is 0 Å². The minimum atomic E-state index is -0.127. The van der Waals surface area contributed by atoms with Crippen LogP contribution in [0.3, 0.4) is 0 Å². The third kappa shape index (κ3) is 1.84. The first-order valence-electron chi connectivity index (χ1n) is 2.99. The van der Waals surface area contributed by atoms with Crippen LogP contribution in [0.25, 0.3) is 0 Å². The lowest BCUT2D eigenvalue weighted by Gasteiger charge is -1.84. The molecular weight excluding hydrogens is 115 g/mol. The first-order valence-corrected chi connectivity index (χ1v) is 2.99. The molecule has 0 saturated carbocycles. The van der Waals surface area contributed by atoms with Crippen LogP contribution in [-0.4, -0.2) is 0 Å². The van der Waals surface area contributed by atoms with Crippen LogP contribution in [0, 0.1) is 0 Å². The molecule has 48 valence electrons. The van der Waals surface area contributed by atoms with Crippen molar-refractivity contribution in [2.24, 2.45) is 0 Å². The van der Waals surface area contributed by atoms with Crippen molar-refractivity contribution in [3.05, 3.63) is 35.7 Å². The molecule has 0 aromatic heterocycles. The molecule has 9 heavy (non-hydrogen) atoms. The molecule has 0 N–H and O–H groups in total. The van der Waals surface area contributed by atoms with Gasteiger partial charge < -0.3 is 0 Å². The maximum atomic E-state index is 12.4. The third-order valence-electron chi connectivity index (χ3n) is 1.20. The fourth-order valence-corrected chi connectivity index (χ4v) is 0.759. The highest BCUT2D eigenvalue weighted by Gasteiger charge is 1.91. The Bertz CT molecular complexity index is 185. The number of hydrogen-bond acceptors (Lipinski definition) is 0. The summed E-state index contributed by atoms with van der Waals surface area (Å²) >= 11 is 0. The number of rotatable bonds is 0. The number of hydrogen-bond donors (Lipinski definition) is 0. The topological polar surface area (TPSA) is 0 Å². The molecule has 0 fully saturated rings. The summed E-state index contributed by atoms with van der Waals surface area (Å²) in [4.78, 5) is 0. The molecule has 0 aromatic carbocycles. The largest absolute Gasteiger partial charge is 0.207 e. The van der Waals surface area contributed by atoms with E-state index in [4.69, 9.17) is 0 Å². The van der Waals surface area contributed by atoms with Crippen molar-refractivity contribution in [3.63, 3.8) is 0 Å². The van der Waals surface area contributed by atoms with Crippen molar-refractivity contribution >= 4 is 0 Å². The molecule has 1 aliphatic carbocycles. The quantitative estimate of drug-likeness (QED) is 0.465. The zero-order valence-corrected chi connectivity index (χ0v) is 5.39. The molecule has 0 aliphatic heterocycles. The Kier molecular flexibility index (Phi) is 1.83. The fraction of sp³-hybridized carbons (Fsp3) is 0.250. The third-order valence-corrected chi connectivity index (χ3v) is 1.20. The highest BCUT2D eigenvalue weighted by atomic mass is 19.1. The molecule has 0 radical (unpaired) electrons. The first-order chi connectivity index (χ1) is 4.29. The van der Waals surface area contributed by atoms with Crippen LogP contribution in [0.15, 0.2) is 35.7 Å². The summed E-state index contributed by atoms with van der Waals surface area (Å²) in [5, 5.41) is 0. The van der Waals surface area contributed by atoms with Gasteiger partial charge in [-0.25, -0.2) is 4.39 Å². The number of halogens is 1. The molecule has 0 nitrogen and oxygen atoms in total. The Morgan fingerprint density at radius 1 is 1.56 bits per heavy atom. The molecule has 0 heterocycles. The van der Waals surface area contributed by atoms with Gasteiger partial charge in [-0.3, -0.25) is 0 Å². The van der Waals surface area contributed by atoms with E-state index < -0.39 is 0 Å². The zero-order valence-electron chi connectivity index (χ0n) is 5.39. The van der Waals surface area contributed by atoms with Gasteiger partial charge in [0.2, 0.25) is 0 Å². The normalized spacial score (nSPS) is 18.4. The maximum Gasteiger partial charge on any atom is 0.119 e. The van der Waals surface area contributed by atoms with Crippen LogP contribution in [0.5, 0.6) is 0 Å². The van der Waals surface area contributed by atoms with Gasteiger partial charge in [-0.2, -0.15) is 0 Å². The second kappa shape index (κ2) is 2.62. The lowest BCUT2D eigenvalue weighted by molar-refractivity contribution is 0.662. The Morgan fingerprint density at radius 3 is 3.11 bits per heavy atom. The summed E-state index contributed by atoms with van der Waals surface area (Å²) < 4.78 is 12.4. The Hall–Kier alpha value is -0.850. The van der Waals surface area contributed by atoms with E-state index in [1.807, 2.05) is 19.1 Å². The molecule has 1 rings (SSSR count). The Balaban J connectivity index is 2.82. The monoisotopic (exact) mass is 124 g/mol. The first kappa shape index (κ1) is 6.27. The summed E-state index contributed by atoms with van der Waals surface area (Å²) in [6.07, 6.45) is 7.66. The smallest absolute Gasteiger partial charge is 0.119 e. The van der Waals surface area contributed by atoms with Gasteiger partial charge >= 0.3 is 0 Å². The molecule has 0 aromatic rings. The predicted molar refractivity (Wildman–Crippen MR) is 36.7 cm³/mol. The van der Waals surface area contributed by atoms with E-state index in [0.29, 0.717) is 6.42 Å². The number of allylic oxidation sites excluding steroid dienone is 6. The SMILES string of the molecule is CC1=CC(F)=CCC=C1. The van der Waals surface area contributed by atoms with Crippen LogP contribution in [0.4, 0.5) is 4.39 Å². The van der Waals surface area contributed by atoms with Crippen molar-refractivity contribution in [1.29, 1.82) is 0 Å². The van der Waals surface area contributed by atoms with Gasteiger partial charge in [-0.15, -0.1) is 0 Å². The summed E-state index contributed by atoms with van der Waals surface area (Å²) in [6, 6.07) is 0. The van der Waals surface area contributed by atoms with Gasteiger partial charge in [0.1, 0.15) is 5.83 Å². The summed E-state index contributed by atoms with van der Waals surface area (Å²) in [5.41, 5.74) is 0.973. The summed E-state index contributed by atoms with van der Waals surface area (Å²) in [5.74, 6) is -0.127. The molecule has 0 amide bonds. The van der Waals surface area contributed by atoms with Crippen LogP contribution in [-0.2, 0) is 0 Å². The van der Waals surface area contributed by atoms with E-state index in [-0.39, 0.29) is 5.83 Å². The van der Waals surface area contributed by atoms with E-state index in [1.165, 1.54) is 6.08 Å². The van der Waals surface area contributed by atoms with Crippen molar-refractivity contribution < 1.29 is 4.39 Å². The minimum absolute atomic E-state index is 0.127. The fourth-order valence-electron chi connectivity index (χ4n) is 0.759. The van der Waals surface area contributed by atoms with Crippen molar-refractivity contribution in [2.75, 3.05) is 0 Å². The van der Waals surface area contributed by atoms with Crippen molar-refractivity contribution in [1.82, 2.24) is 0 Å². The average Bonchev–Trinajstić information content (AvgIpc) is 1.93. The average molecular weight is 124 g/mol. The van der Waals surface area contributed by atoms with Gasteiger partial charge in [0, 0.05) is 0 Å². The van der Waals surface area contributed by atoms with Crippen LogP contribution in [0.1, 0.15) is 13.3 Å². The van der Waals surface area contributed by atoms with Crippen LogP contribution >= 0.6 is 0 Å². The van der Waals surface area contributed by atoms with E-state index >= 15 is 0 Å². The molecule has 0 spiro atoms. The van der Waals surface area contributed by atoms with Gasteiger partial charge in [-0.05, 0) is 31.1 Å². The molecule has 1 heteroatoms. The highest BCUT2D eigenvalue weighted by Crippen LogP contribution is 2.10. The second-order valence-electron chi connectivity index (χ2n) is 2.12. The van der Waals surface area contributed by atoms with Gasteiger partial charge in [0.25, 0.3) is 0 Å². The Morgan fingerprint density at radius 2 is 2.33 bits per heavy atom. The molecule has 0 bridgehead atoms. The van der Waals surface area contributed by atoms with Crippen molar-refractivity contribution in [3.8, 4) is 0 Å². The predicted octanol–water partition coefficient (Wildman–Crippen LogP) is 2.75. The maximum absolute atomic E-state index is 12.4. The van der Waals surface area contributed by atoms with Crippen LogP contribution in [0.2, 0.25) is 0 Å². The standard InChI is InChI=1S/C8H9F/c1-7-4-2-3-5-8(9)6-7/h2,4-6H,3H2,1H3. The highest BCUT2D eigenvalue weighted by molar-refractivity contribution is 5.28. The summed E-state index contributed by atoms with van der Waals surface area (Å²) in [6.45, 7) is 1.88. The van der Waals surface area contributed by atoms with E-state index in [1.54, 1.807) is 6.08 Å².